The highest BCUT2D eigenvalue weighted by molar-refractivity contribution is 6.04. The number of carbonyl (C=O) groups excluding carboxylic acids is 3. The standard InChI is InChI=1S/C37H57N3O8/c1-33(2,3)22-18-24(38-30(41)46-35(7,8)9)28(44-16)26(20-22)40(32(43)48-37(13,14)15)27-21-23(34(4,5)6)19-25(29(27)45-17)39-31(42)47-36(10,11)12/h18-21H,1-17H3,(H,38,41)(H,39,42). The fourth-order valence-electron chi connectivity index (χ4n) is 4.50. The minimum Gasteiger partial charge on any atom is -0.492 e. The van der Waals surface area contributed by atoms with Crippen molar-refractivity contribution in [3.63, 3.8) is 0 Å². The third kappa shape index (κ3) is 11.2. The Morgan fingerprint density at radius 3 is 1.08 bits per heavy atom. The Morgan fingerprint density at radius 2 is 0.833 bits per heavy atom. The van der Waals surface area contributed by atoms with Gasteiger partial charge in [-0.05, 0) is 109 Å². The summed E-state index contributed by atoms with van der Waals surface area (Å²) in [7, 11) is 2.89. The zero-order chi connectivity index (χ0) is 37.2. The Kier molecular flexibility index (Phi) is 11.8. The van der Waals surface area contributed by atoms with Crippen molar-refractivity contribution in [1.82, 2.24) is 0 Å². The molecule has 0 atom stereocenters. The van der Waals surface area contributed by atoms with E-state index < -0.39 is 45.9 Å². The second-order valence-electron chi connectivity index (χ2n) is 16.7. The summed E-state index contributed by atoms with van der Waals surface area (Å²) < 4.78 is 29.0. The first kappa shape index (κ1) is 40.0. The molecule has 0 unspecified atom stereocenters. The minimum absolute atomic E-state index is 0.171. The van der Waals surface area contributed by atoms with Gasteiger partial charge in [0.25, 0.3) is 0 Å². The topological polar surface area (TPSA) is 125 Å². The third-order valence-electron chi connectivity index (χ3n) is 6.61. The number of rotatable bonds is 6. The van der Waals surface area contributed by atoms with Gasteiger partial charge in [0.1, 0.15) is 16.8 Å². The smallest absolute Gasteiger partial charge is 0.419 e. The summed E-state index contributed by atoms with van der Waals surface area (Å²) in [6.45, 7) is 28.0. The quantitative estimate of drug-likeness (QED) is 0.291. The average molecular weight is 672 g/mol. The van der Waals surface area contributed by atoms with E-state index in [0.717, 1.165) is 11.1 Å². The van der Waals surface area contributed by atoms with Crippen LogP contribution in [0.3, 0.4) is 0 Å². The molecule has 0 saturated carbocycles. The van der Waals surface area contributed by atoms with Gasteiger partial charge >= 0.3 is 18.3 Å². The molecule has 0 aromatic heterocycles. The molecular weight excluding hydrogens is 614 g/mol. The summed E-state index contributed by atoms with van der Waals surface area (Å²) in [6.07, 6.45) is -2.14. The van der Waals surface area contributed by atoms with Crippen LogP contribution < -0.4 is 25.0 Å². The SMILES string of the molecule is COc1c(NC(=O)OC(C)(C)C)cc(C(C)(C)C)cc1N(C(=O)OC(C)(C)C)c1cc(C(C)(C)C)cc(NC(=O)OC(C)(C)C)c1OC. The third-order valence-corrected chi connectivity index (χ3v) is 6.61. The number of hydrogen-bond donors (Lipinski definition) is 2. The van der Waals surface area contributed by atoms with Crippen LogP contribution in [0.2, 0.25) is 0 Å². The molecule has 2 rings (SSSR count). The van der Waals surface area contributed by atoms with Gasteiger partial charge in [-0.1, -0.05) is 41.5 Å². The fraction of sp³-hybridized carbons (Fsp3) is 0.595. The van der Waals surface area contributed by atoms with Crippen molar-refractivity contribution in [2.45, 2.75) is 131 Å². The first-order valence-electron chi connectivity index (χ1n) is 16.0. The molecule has 0 saturated heterocycles. The van der Waals surface area contributed by atoms with Crippen molar-refractivity contribution >= 4 is 41.0 Å². The van der Waals surface area contributed by atoms with Crippen LogP contribution in [0.1, 0.15) is 115 Å². The van der Waals surface area contributed by atoms with Crippen LogP contribution in [-0.2, 0) is 25.0 Å². The van der Waals surface area contributed by atoms with Crippen molar-refractivity contribution in [2.24, 2.45) is 0 Å². The van der Waals surface area contributed by atoms with Gasteiger partial charge in [-0.2, -0.15) is 0 Å². The lowest BCUT2D eigenvalue weighted by Crippen LogP contribution is -2.35. The molecule has 0 aliphatic carbocycles. The number of nitrogens with one attached hydrogen (secondary N) is 2. The zero-order valence-corrected chi connectivity index (χ0v) is 32.0. The molecule has 0 aliphatic rings. The van der Waals surface area contributed by atoms with E-state index in [0.29, 0.717) is 0 Å². The molecule has 3 amide bonds. The Labute approximate surface area is 287 Å². The summed E-state index contributed by atoms with van der Waals surface area (Å²) in [4.78, 5) is 41.9. The maximum absolute atomic E-state index is 14.4. The van der Waals surface area contributed by atoms with Crippen molar-refractivity contribution in [3.05, 3.63) is 35.4 Å². The number of ether oxygens (including phenoxy) is 5. The van der Waals surface area contributed by atoms with E-state index >= 15 is 0 Å². The summed E-state index contributed by atoms with van der Waals surface area (Å²) in [6, 6.07) is 7.20. The molecule has 0 spiro atoms. The second kappa shape index (κ2) is 14.1. The predicted molar refractivity (Wildman–Crippen MR) is 191 cm³/mol. The van der Waals surface area contributed by atoms with Crippen LogP contribution in [0.25, 0.3) is 0 Å². The predicted octanol–water partition coefficient (Wildman–Crippen LogP) is 10.1. The van der Waals surface area contributed by atoms with Gasteiger partial charge < -0.3 is 23.7 Å². The molecular formula is C37H57N3O8. The number of hydrogen-bond acceptors (Lipinski definition) is 8. The normalized spacial score (nSPS) is 12.5. The summed E-state index contributed by atoms with van der Waals surface area (Å²) >= 11 is 0. The monoisotopic (exact) mass is 671 g/mol. The molecule has 0 aliphatic heterocycles. The van der Waals surface area contributed by atoms with Gasteiger partial charge in [-0.15, -0.1) is 0 Å². The van der Waals surface area contributed by atoms with Crippen molar-refractivity contribution in [2.75, 3.05) is 29.8 Å². The lowest BCUT2D eigenvalue weighted by Gasteiger charge is -2.33. The molecule has 2 aromatic rings. The number of carbonyl (C=O) groups is 3. The maximum Gasteiger partial charge on any atom is 0.419 e. The van der Waals surface area contributed by atoms with Gasteiger partial charge in [-0.25, -0.2) is 19.3 Å². The molecule has 0 radical (unpaired) electrons. The number of benzene rings is 2. The highest BCUT2D eigenvalue weighted by atomic mass is 16.6. The maximum atomic E-state index is 14.4. The van der Waals surface area contributed by atoms with Gasteiger partial charge in [0.15, 0.2) is 11.5 Å². The Bertz CT molecular complexity index is 1400. The van der Waals surface area contributed by atoms with Crippen molar-refractivity contribution in [3.8, 4) is 11.5 Å². The summed E-state index contributed by atoms with van der Waals surface area (Å²) in [5.41, 5.74) is -0.666. The van der Waals surface area contributed by atoms with Crippen LogP contribution in [0.15, 0.2) is 24.3 Å². The molecule has 2 N–H and O–H groups in total. The van der Waals surface area contributed by atoms with Crippen molar-refractivity contribution < 1.29 is 38.1 Å². The Balaban J connectivity index is 3.12. The molecule has 11 heteroatoms. The first-order valence-corrected chi connectivity index (χ1v) is 16.0. The molecule has 11 nitrogen and oxygen atoms in total. The zero-order valence-electron chi connectivity index (χ0n) is 32.0. The summed E-state index contributed by atoms with van der Waals surface area (Å²) in [5, 5.41) is 5.64. The van der Waals surface area contributed by atoms with Gasteiger partial charge in [-0.3, -0.25) is 10.6 Å². The Hall–Kier alpha value is -4.15. The number of methoxy groups -OCH3 is 2. The summed E-state index contributed by atoms with van der Waals surface area (Å²) in [5.74, 6) is 0.342. The van der Waals surface area contributed by atoms with Crippen LogP contribution in [0.5, 0.6) is 11.5 Å². The largest absolute Gasteiger partial charge is 0.492 e. The van der Waals surface area contributed by atoms with Crippen LogP contribution in [0.4, 0.5) is 37.1 Å². The lowest BCUT2D eigenvalue weighted by molar-refractivity contribution is 0.0594. The van der Waals surface area contributed by atoms with Crippen LogP contribution in [0, 0.1) is 0 Å². The van der Waals surface area contributed by atoms with Gasteiger partial charge in [0.05, 0.1) is 37.0 Å². The molecule has 0 fully saturated rings. The number of amides is 3. The number of nitrogens with zero attached hydrogens (tertiary/aromatic N) is 1. The molecule has 48 heavy (non-hydrogen) atoms. The fourth-order valence-corrected chi connectivity index (χ4v) is 4.50. The van der Waals surface area contributed by atoms with Crippen LogP contribution >= 0.6 is 0 Å². The van der Waals surface area contributed by atoms with E-state index in [2.05, 4.69) is 10.6 Å². The highest BCUT2D eigenvalue weighted by Gasteiger charge is 2.35. The Morgan fingerprint density at radius 1 is 0.521 bits per heavy atom. The van der Waals surface area contributed by atoms with Crippen LogP contribution in [-0.4, -0.2) is 49.3 Å². The van der Waals surface area contributed by atoms with Gasteiger partial charge in [0.2, 0.25) is 0 Å². The van der Waals surface area contributed by atoms with E-state index in [1.807, 2.05) is 53.7 Å². The lowest BCUT2D eigenvalue weighted by atomic mass is 9.85. The molecule has 0 heterocycles. The highest BCUT2D eigenvalue weighted by Crippen LogP contribution is 2.49. The molecule has 0 bridgehead atoms. The minimum atomic E-state index is -0.895. The molecule has 268 valence electrons. The van der Waals surface area contributed by atoms with Gasteiger partial charge in [0, 0.05) is 0 Å². The van der Waals surface area contributed by atoms with E-state index in [1.165, 1.54) is 19.1 Å². The number of anilines is 4. The van der Waals surface area contributed by atoms with E-state index in [1.54, 1.807) is 74.4 Å². The van der Waals surface area contributed by atoms with E-state index in [9.17, 15) is 14.4 Å². The second-order valence-corrected chi connectivity index (χ2v) is 16.7. The van der Waals surface area contributed by atoms with E-state index in [-0.39, 0.29) is 34.2 Å². The van der Waals surface area contributed by atoms with Crippen molar-refractivity contribution in [1.29, 1.82) is 0 Å². The van der Waals surface area contributed by atoms with E-state index in [4.69, 9.17) is 23.7 Å². The molecule has 2 aromatic carbocycles. The average Bonchev–Trinajstić information content (AvgIpc) is 2.84. The first-order chi connectivity index (χ1) is 21.6.